The molecule has 0 atom stereocenters. The summed E-state index contributed by atoms with van der Waals surface area (Å²) in [4.78, 5) is 14.4. The number of carbonyl (C=O) groups excluding carboxylic acids is 1. The van der Waals surface area contributed by atoms with Gasteiger partial charge in [-0.15, -0.1) is 0 Å². The number of nitrogens with one attached hydrogen (secondary N) is 1. The van der Waals surface area contributed by atoms with Crippen molar-refractivity contribution in [2.45, 2.75) is 51.7 Å². The molecule has 162 valence electrons. The Bertz CT molecular complexity index is 1030. The van der Waals surface area contributed by atoms with E-state index in [1.807, 2.05) is 36.4 Å². The topological polar surface area (TPSA) is 50.8 Å². The fraction of sp³-hybridized carbons (Fsp3) is 0.360. The van der Waals surface area contributed by atoms with Gasteiger partial charge in [0.1, 0.15) is 23.8 Å². The number of nitrogens with zero attached hydrogens (tertiary/aromatic N) is 1. The van der Waals surface area contributed by atoms with Crippen molar-refractivity contribution < 1.29 is 14.3 Å². The Kier molecular flexibility index (Phi) is 5.75. The van der Waals surface area contributed by atoms with Crippen molar-refractivity contribution in [3.05, 3.63) is 64.9 Å². The van der Waals surface area contributed by atoms with Crippen LogP contribution in [-0.4, -0.2) is 29.1 Å². The average Bonchev–Trinajstić information content (AvgIpc) is 3.52. The van der Waals surface area contributed by atoms with Crippen LogP contribution < -0.4 is 14.8 Å². The molecule has 1 amide bonds. The zero-order chi connectivity index (χ0) is 22.2. The summed E-state index contributed by atoms with van der Waals surface area (Å²) in [5, 5.41) is 3.55. The van der Waals surface area contributed by atoms with Gasteiger partial charge < -0.3 is 14.8 Å². The van der Waals surface area contributed by atoms with Crippen LogP contribution in [0.2, 0.25) is 0 Å². The number of hydrogen-bond acceptors (Lipinski definition) is 4. The fourth-order valence-corrected chi connectivity index (χ4v) is 3.94. The Balaban J connectivity index is 1.50. The van der Waals surface area contributed by atoms with Crippen LogP contribution >= 0.6 is 12.2 Å². The molecule has 0 bridgehead atoms. The Morgan fingerprint density at radius 3 is 2.48 bits per heavy atom. The summed E-state index contributed by atoms with van der Waals surface area (Å²) in [7, 11) is 1.64. The van der Waals surface area contributed by atoms with Crippen LogP contribution in [0.25, 0.3) is 6.08 Å². The summed E-state index contributed by atoms with van der Waals surface area (Å²) in [6, 6.07) is 14.2. The molecule has 4 rings (SSSR count). The second-order valence-electron chi connectivity index (χ2n) is 9.03. The van der Waals surface area contributed by atoms with Crippen LogP contribution in [0, 0.1) is 0 Å². The van der Waals surface area contributed by atoms with E-state index in [1.54, 1.807) is 12.0 Å². The Labute approximate surface area is 189 Å². The summed E-state index contributed by atoms with van der Waals surface area (Å²) in [6.07, 6.45) is 3.86. The molecule has 5 nitrogen and oxygen atoms in total. The maximum Gasteiger partial charge on any atom is 0.276 e. The van der Waals surface area contributed by atoms with Crippen molar-refractivity contribution in [2.75, 3.05) is 7.11 Å². The van der Waals surface area contributed by atoms with E-state index < -0.39 is 0 Å². The molecular formula is C25H28N2O3S. The molecule has 2 aromatic carbocycles. The molecule has 1 heterocycles. The summed E-state index contributed by atoms with van der Waals surface area (Å²) in [5.74, 6) is 1.49. The lowest BCUT2D eigenvalue weighted by molar-refractivity contribution is -0.122. The van der Waals surface area contributed by atoms with Crippen molar-refractivity contribution in [3.8, 4) is 11.5 Å². The lowest BCUT2D eigenvalue weighted by Crippen LogP contribution is -2.32. The first-order valence-electron chi connectivity index (χ1n) is 10.5. The molecule has 6 heteroatoms. The quantitative estimate of drug-likeness (QED) is 0.521. The maximum absolute atomic E-state index is 12.7. The largest absolute Gasteiger partial charge is 0.496 e. The van der Waals surface area contributed by atoms with Gasteiger partial charge in [0, 0.05) is 11.6 Å². The van der Waals surface area contributed by atoms with Crippen LogP contribution in [0.3, 0.4) is 0 Å². The minimum absolute atomic E-state index is 0.0555. The molecule has 0 radical (unpaired) electrons. The van der Waals surface area contributed by atoms with Crippen molar-refractivity contribution >= 4 is 29.3 Å². The number of methoxy groups -OCH3 is 1. The van der Waals surface area contributed by atoms with Crippen LogP contribution in [0.15, 0.2) is 48.2 Å². The third-order valence-corrected chi connectivity index (χ3v) is 5.85. The second kappa shape index (κ2) is 8.35. The Morgan fingerprint density at radius 2 is 1.87 bits per heavy atom. The first kappa shape index (κ1) is 21.4. The molecule has 1 aliphatic heterocycles. The minimum atomic E-state index is -0.0555. The predicted molar refractivity (Wildman–Crippen MR) is 126 cm³/mol. The van der Waals surface area contributed by atoms with Gasteiger partial charge in [0.25, 0.3) is 5.91 Å². The zero-order valence-corrected chi connectivity index (χ0v) is 19.2. The van der Waals surface area contributed by atoms with Gasteiger partial charge in [0.15, 0.2) is 5.11 Å². The van der Waals surface area contributed by atoms with Crippen LogP contribution in [0.5, 0.6) is 11.5 Å². The third-order valence-electron chi connectivity index (χ3n) is 5.55. The van der Waals surface area contributed by atoms with Gasteiger partial charge in [-0.25, -0.2) is 0 Å². The minimum Gasteiger partial charge on any atom is -0.496 e. The highest BCUT2D eigenvalue weighted by Crippen LogP contribution is 2.31. The van der Waals surface area contributed by atoms with E-state index in [0.717, 1.165) is 35.5 Å². The molecule has 2 aliphatic rings. The highest BCUT2D eigenvalue weighted by Gasteiger charge is 2.41. The first-order chi connectivity index (χ1) is 14.8. The monoisotopic (exact) mass is 436 g/mol. The first-order valence-corrected chi connectivity index (χ1v) is 10.9. The van der Waals surface area contributed by atoms with Gasteiger partial charge in [-0.3, -0.25) is 9.69 Å². The summed E-state index contributed by atoms with van der Waals surface area (Å²) >= 11 is 5.33. The smallest absolute Gasteiger partial charge is 0.276 e. The zero-order valence-electron chi connectivity index (χ0n) is 18.4. The Morgan fingerprint density at radius 1 is 1.16 bits per heavy atom. The fourth-order valence-electron chi connectivity index (χ4n) is 3.59. The molecule has 2 aromatic rings. The van der Waals surface area contributed by atoms with E-state index in [2.05, 4.69) is 38.2 Å². The van der Waals surface area contributed by atoms with Crippen molar-refractivity contribution in [1.82, 2.24) is 10.2 Å². The molecular weight excluding hydrogens is 408 g/mol. The van der Waals surface area contributed by atoms with E-state index >= 15 is 0 Å². The van der Waals surface area contributed by atoms with E-state index in [-0.39, 0.29) is 17.4 Å². The number of thiocarbonyl (C=S) groups is 1. The normalized spacial score (nSPS) is 17.8. The van der Waals surface area contributed by atoms with E-state index in [1.165, 1.54) is 5.56 Å². The molecule has 1 saturated heterocycles. The number of hydrogen-bond donors (Lipinski definition) is 1. The van der Waals surface area contributed by atoms with E-state index in [9.17, 15) is 4.79 Å². The number of ether oxygens (including phenoxy) is 2. The molecule has 2 fully saturated rings. The number of rotatable bonds is 6. The lowest BCUT2D eigenvalue weighted by atomic mass is 9.87. The number of amides is 1. The van der Waals surface area contributed by atoms with Crippen molar-refractivity contribution in [1.29, 1.82) is 0 Å². The summed E-state index contributed by atoms with van der Waals surface area (Å²) in [6.45, 7) is 6.93. The molecule has 0 spiro atoms. The van der Waals surface area contributed by atoms with Gasteiger partial charge in [-0.2, -0.15) is 0 Å². The molecule has 31 heavy (non-hydrogen) atoms. The van der Waals surface area contributed by atoms with Gasteiger partial charge in [0.05, 0.1) is 7.11 Å². The van der Waals surface area contributed by atoms with Gasteiger partial charge in [0.2, 0.25) is 0 Å². The Hall–Kier alpha value is -2.86. The van der Waals surface area contributed by atoms with Crippen LogP contribution in [0.4, 0.5) is 0 Å². The van der Waals surface area contributed by atoms with Crippen molar-refractivity contribution in [2.24, 2.45) is 0 Å². The molecule has 1 saturated carbocycles. The maximum atomic E-state index is 12.7. The standard InChI is InChI=1S/C25H28N2O3S/c1-25(2,3)18-6-10-20(11-7-18)30-15-17-13-16(5-12-22(17)29-4)14-21-23(28)27(19-8-9-19)24(31)26-21/h5-7,10-14,19H,8-9,15H2,1-4H3,(H,26,31)/b21-14+. The van der Waals surface area contributed by atoms with E-state index in [0.29, 0.717) is 17.4 Å². The molecule has 0 unspecified atom stereocenters. The highest BCUT2D eigenvalue weighted by molar-refractivity contribution is 7.80. The summed E-state index contributed by atoms with van der Waals surface area (Å²) < 4.78 is 11.5. The average molecular weight is 437 g/mol. The van der Waals surface area contributed by atoms with Crippen LogP contribution in [-0.2, 0) is 16.8 Å². The van der Waals surface area contributed by atoms with Crippen LogP contribution in [0.1, 0.15) is 50.3 Å². The molecule has 1 aliphatic carbocycles. The van der Waals surface area contributed by atoms with E-state index in [4.69, 9.17) is 21.7 Å². The molecule has 1 N–H and O–H groups in total. The van der Waals surface area contributed by atoms with Gasteiger partial charge >= 0.3 is 0 Å². The molecule has 0 aromatic heterocycles. The third kappa shape index (κ3) is 4.74. The summed E-state index contributed by atoms with van der Waals surface area (Å²) in [5.41, 5.74) is 3.67. The van der Waals surface area contributed by atoms with Gasteiger partial charge in [-0.1, -0.05) is 39.0 Å². The lowest BCUT2D eigenvalue weighted by Gasteiger charge is -2.19. The van der Waals surface area contributed by atoms with Gasteiger partial charge in [-0.05, 0) is 71.9 Å². The highest BCUT2D eigenvalue weighted by atomic mass is 32.1. The predicted octanol–water partition coefficient (Wildman–Crippen LogP) is 4.79. The number of carbonyl (C=O) groups is 1. The SMILES string of the molecule is COc1ccc(/C=C2/NC(=S)N(C3CC3)C2=O)cc1COc1ccc(C(C)(C)C)cc1. The number of benzene rings is 2. The van der Waals surface area contributed by atoms with Crippen molar-refractivity contribution in [3.63, 3.8) is 0 Å². The second-order valence-corrected chi connectivity index (χ2v) is 9.42.